The number of esters is 1. The molecule has 0 fully saturated rings. The van der Waals surface area contributed by atoms with Crippen molar-refractivity contribution in [1.82, 2.24) is 9.78 Å². The summed E-state index contributed by atoms with van der Waals surface area (Å²) in [4.78, 5) is 11.9. The van der Waals surface area contributed by atoms with E-state index in [1.807, 2.05) is 41.2 Å². The van der Waals surface area contributed by atoms with Gasteiger partial charge in [-0.25, -0.2) is 4.79 Å². The standard InChI is InChI=1S/C21H17N3O2/c22-12-19-8-4-5-9-20(19)16-26-21(25)11-10-18-13-23-24(15-18)14-17-6-2-1-3-7-17/h1-11,13,15H,14,16H2/b11-10+. The third-order valence-electron chi connectivity index (χ3n) is 3.76. The van der Waals surface area contributed by atoms with Crippen molar-refractivity contribution in [3.8, 4) is 6.07 Å². The smallest absolute Gasteiger partial charge is 0.331 e. The molecule has 1 aromatic heterocycles. The molecule has 0 bridgehead atoms. The van der Waals surface area contributed by atoms with Gasteiger partial charge in [-0.05, 0) is 17.7 Å². The van der Waals surface area contributed by atoms with Crippen LogP contribution in [-0.4, -0.2) is 15.7 Å². The van der Waals surface area contributed by atoms with Gasteiger partial charge in [-0.2, -0.15) is 10.4 Å². The monoisotopic (exact) mass is 343 g/mol. The van der Waals surface area contributed by atoms with Crippen molar-refractivity contribution in [2.75, 3.05) is 0 Å². The van der Waals surface area contributed by atoms with Crippen molar-refractivity contribution >= 4 is 12.0 Å². The van der Waals surface area contributed by atoms with Crippen LogP contribution >= 0.6 is 0 Å². The van der Waals surface area contributed by atoms with E-state index in [1.165, 1.54) is 6.08 Å². The minimum absolute atomic E-state index is 0.0696. The Morgan fingerprint density at radius 3 is 2.73 bits per heavy atom. The number of carbonyl (C=O) groups excluding carboxylic acids is 1. The van der Waals surface area contributed by atoms with Gasteiger partial charge in [0.25, 0.3) is 0 Å². The second kappa shape index (κ2) is 8.45. The first-order valence-corrected chi connectivity index (χ1v) is 8.14. The molecule has 5 heteroatoms. The van der Waals surface area contributed by atoms with Crippen molar-refractivity contribution in [2.45, 2.75) is 13.2 Å². The van der Waals surface area contributed by atoms with Gasteiger partial charge in [-0.3, -0.25) is 4.68 Å². The fourth-order valence-corrected chi connectivity index (χ4v) is 2.44. The van der Waals surface area contributed by atoms with E-state index in [-0.39, 0.29) is 6.61 Å². The van der Waals surface area contributed by atoms with Crippen LogP contribution in [0.1, 0.15) is 22.3 Å². The summed E-state index contributed by atoms with van der Waals surface area (Å²) in [6, 6.07) is 19.1. The van der Waals surface area contributed by atoms with Crippen LogP contribution in [0.2, 0.25) is 0 Å². The molecular formula is C21H17N3O2. The largest absolute Gasteiger partial charge is 0.458 e. The van der Waals surface area contributed by atoms with E-state index in [0.717, 1.165) is 11.1 Å². The Kier molecular flexibility index (Phi) is 5.58. The SMILES string of the molecule is N#Cc1ccccc1COC(=O)/C=C/c1cnn(Cc2ccccc2)c1. The van der Waals surface area contributed by atoms with Crippen molar-refractivity contribution in [3.05, 3.63) is 95.3 Å². The van der Waals surface area contributed by atoms with Crippen LogP contribution in [0.4, 0.5) is 0 Å². The molecule has 0 spiro atoms. The zero-order chi connectivity index (χ0) is 18.2. The van der Waals surface area contributed by atoms with E-state index in [1.54, 1.807) is 36.5 Å². The Bertz CT molecular complexity index is 953. The number of hydrogen-bond donors (Lipinski definition) is 0. The number of nitriles is 1. The molecule has 1 heterocycles. The lowest BCUT2D eigenvalue weighted by Gasteiger charge is -2.03. The number of ether oxygens (including phenoxy) is 1. The predicted molar refractivity (Wildman–Crippen MR) is 97.8 cm³/mol. The zero-order valence-corrected chi connectivity index (χ0v) is 14.1. The van der Waals surface area contributed by atoms with Gasteiger partial charge in [0.15, 0.2) is 0 Å². The first-order valence-electron chi connectivity index (χ1n) is 8.14. The molecule has 0 saturated heterocycles. The summed E-state index contributed by atoms with van der Waals surface area (Å²) in [5, 5.41) is 13.3. The Labute approximate surface area is 151 Å². The molecular weight excluding hydrogens is 326 g/mol. The molecule has 0 N–H and O–H groups in total. The molecule has 0 aliphatic carbocycles. The van der Waals surface area contributed by atoms with Crippen LogP contribution in [0.3, 0.4) is 0 Å². The number of benzene rings is 2. The maximum atomic E-state index is 11.9. The molecule has 0 aliphatic heterocycles. The summed E-state index contributed by atoms with van der Waals surface area (Å²) < 4.78 is 7.00. The number of aromatic nitrogens is 2. The van der Waals surface area contributed by atoms with Crippen LogP contribution in [0.15, 0.2) is 73.1 Å². The molecule has 0 amide bonds. The van der Waals surface area contributed by atoms with Gasteiger partial charge in [0, 0.05) is 23.4 Å². The maximum absolute atomic E-state index is 11.9. The second-order valence-electron chi connectivity index (χ2n) is 5.67. The number of carbonyl (C=O) groups is 1. The Morgan fingerprint density at radius 2 is 1.92 bits per heavy atom. The lowest BCUT2D eigenvalue weighted by atomic mass is 10.1. The fourth-order valence-electron chi connectivity index (χ4n) is 2.44. The van der Waals surface area contributed by atoms with E-state index >= 15 is 0 Å². The lowest BCUT2D eigenvalue weighted by Crippen LogP contribution is -2.02. The summed E-state index contributed by atoms with van der Waals surface area (Å²) in [5.41, 5.74) is 3.16. The van der Waals surface area contributed by atoms with Crippen molar-refractivity contribution in [3.63, 3.8) is 0 Å². The average molecular weight is 343 g/mol. The molecule has 0 radical (unpaired) electrons. The van der Waals surface area contributed by atoms with E-state index in [9.17, 15) is 4.79 Å². The Balaban J connectivity index is 1.55. The maximum Gasteiger partial charge on any atom is 0.331 e. The molecule has 3 aromatic rings. The van der Waals surface area contributed by atoms with Gasteiger partial charge >= 0.3 is 5.97 Å². The summed E-state index contributed by atoms with van der Waals surface area (Å²) in [6.45, 7) is 0.740. The van der Waals surface area contributed by atoms with Crippen LogP contribution < -0.4 is 0 Å². The quantitative estimate of drug-likeness (QED) is 0.507. The first kappa shape index (κ1) is 17.2. The first-order chi connectivity index (χ1) is 12.7. The normalized spacial score (nSPS) is 10.6. The van der Waals surface area contributed by atoms with Crippen LogP contribution in [0.25, 0.3) is 6.08 Å². The van der Waals surface area contributed by atoms with Crippen molar-refractivity contribution < 1.29 is 9.53 Å². The third kappa shape index (κ3) is 4.68. The summed E-state index contributed by atoms with van der Waals surface area (Å²) >= 11 is 0. The number of rotatable bonds is 6. The molecule has 5 nitrogen and oxygen atoms in total. The molecule has 26 heavy (non-hydrogen) atoms. The highest BCUT2D eigenvalue weighted by atomic mass is 16.5. The molecule has 0 aliphatic rings. The minimum atomic E-state index is -0.464. The summed E-state index contributed by atoms with van der Waals surface area (Å²) in [7, 11) is 0. The number of hydrogen-bond acceptors (Lipinski definition) is 4. The Hall–Kier alpha value is -3.65. The van der Waals surface area contributed by atoms with E-state index in [4.69, 9.17) is 10.00 Å². The lowest BCUT2D eigenvalue weighted by molar-refractivity contribution is -0.138. The van der Waals surface area contributed by atoms with Gasteiger partial charge in [-0.1, -0.05) is 48.5 Å². The molecule has 2 aromatic carbocycles. The predicted octanol–water partition coefficient (Wildman–Crippen LogP) is 3.56. The Morgan fingerprint density at radius 1 is 1.15 bits per heavy atom. The minimum Gasteiger partial charge on any atom is -0.458 e. The molecule has 128 valence electrons. The van der Waals surface area contributed by atoms with Crippen molar-refractivity contribution in [2.24, 2.45) is 0 Å². The van der Waals surface area contributed by atoms with Crippen molar-refractivity contribution in [1.29, 1.82) is 5.26 Å². The third-order valence-corrected chi connectivity index (χ3v) is 3.76. The van der Waals surface area contributed by atoms with E-state index in [2.05, 4.69) is 11.2 Å². The topological polar surface area (TPSA) is 67.9 Å². The average Bonchev–Trinajstić information content (AvgIpc) is 3.13. The van der Waals surface area contributed by atoms with Crippen LogP contribution in [0.5, 0.6) is 0 Å². The van der Waals surface area contributed by atoms with E-state index < -0.39 is 5.97 Å². The van der Waals surface area contributed by atoms with Gasteiger partial charge in [0.1, 0.15) is 6.61 Å². The van der Waals surface area contributed by atoms with Gasteiger partial charge in [-0.15, -0.1) is 0 Å². The highest BCUT2D eigenvalue weighted by Gasteiger charge is 2.04. The van der Waals surface area contributed by atoms with Gasteiger partial charge < -0.3 is 4.74 Å². The summed E-state index contributed by atoms with van der Waals surface area (Å²) in [6.07, 6.45) is 6.57. The van der Waals surface area contributed by atoms with Gasteiger partial charge in [0.05, 0.1) is 24.4 Å². The van der Waals surface area contributed by atoms with Crippen LogP contribution in [0, 0.1) is 11.3 Å². The second-order valence-corrected chi connectivity index (χ2v) is 5.67. The highest BCUT2D eigenvalue weighted by Crippen LogP contribution is 2.09. The molecule has 0 atom stereocenters. The summed E-state index contributed by atoms with van der Waals surface area (Å²) in [5.74, 6) is -0.464. The van der Waals surface area contributed by atoms with Gasteiger partial charge in [0.2, 0.25) is 0 Å². The number of nitrogens with zero attached hydrogens (tertiary/aromatic N) is 3. The molecule has 0 saturated carbocycles. The molecule has 3 rings (SSSR count). The fraction of sp³-hybridized carbons (Fsp3) is 0.0952. The van der Waals surface area contributed by atoms with E-state index in [0.29, 0.717) is 17.7 Å². The highest BCUT2D eigenvalue weighted by molar-refractivity contribution is 5.86. The zero-order valence-electron chi connectivity index (χ0n) is 14.1. The molecule has 0 unspecified atom stereocenters. The van der Waals surface area contributed by atoms with Crippen LogP contribution in [-0.2, 0) is 22.7 Å².